The molecule has 1 N–H and O–H groups in total. The first-order chi connectivity index (χ1) is 10.8. The van der Waals surface area contributed by atoms with Crippen LogP contribution in [-0.2, 0) is 11.2 Å². The number of carbonyl (C=O) groups is 1. The SMILES string of the molecule is O=C(NC1CCc2ccccc21)N(CC1CCOC1)C1CC1. The number of nitrogens with one attached hydrogen (secondary N) is 1. The average molecular weight is 300 g/mol. The topological polar surface area (TPSA) is 41.6 Å². The number of fused-ring (bicyclic) bond motifs is 1. The Hall–Kier alpha value is -1.55. The zero-order valence-corrected chi connectivity index (χ0v) is 13.0. The van der Waals surface area contributed by atoms with E-state index in [1.165, 1.54) is 11.1 Å². The van der Waals surface area contributed by atoms with Crippen molar-refractivity contribution in [2.24, 2.45) is 5.92 Å². The summed E-state index contributed by atoms with van der Waals surface area (Å²) in [5.74, 6) is 0.516. The van der Waals surface area contributed by atoms with Crippen LogP contribution in [0.25, 0.3) is 0 Å². The molecule has 1 aliphatic heterocycles. The van der Waals surface area contributed by atoms with Gasteiger partial charge in [0, 0.05) is 25.1 Å². The van der Waals surface area contributed by atoms with Crippen LogP contribution in [0.3, 0.4) is 0 Å². The van der Waals surface area contributed by atoms with Crippen molar-refractivity contribution in [1.82, 2.24) is 10.2 Å². The summed E-state index contributed by atoms with van der Waals surface area (Å²) < 4.78 is 5.46. The molecule has 1 aromatic rings. The molecule has 1 saturated heterocycles. The number of hydrogen-bond donors (Lipinski definition) is 1. The zero-order chi connectivity index (χ0) is 14.9. The molecule has 1 heterocycles. The number of carbonyl (C=O) groups excluding carboxylic acids is 1. The lowest BCUT2D eigenvalue weighted by molar-refractivity contribution is 0.160. The van der Waals surface area contributed by atoms with Crippen LogP contribution in [0, 0.1) is 5.92 Å². The minimum atomic E-state index is 0.121. The summed E-state index contributed by atoms with van der Waals surface area (Å²) in [6, 6.07) is 9.24. The van der Waals surface area contributed by atoms with E-state index in [1.54, 1.807) is 0 Å². The lowest BCUT2D eigenvalue weighted by atomic mass is 10.1. The van der Waals surface area contributed by atoms with Gasteiger partial charge in [-0.05, 0) is 43.2 Å². The van der Waals surface area contributed by atoms with E-state index in [9.17, 15) is 4.79 Å². The van der Waals surface area contributed by atoms with Gasteiger partial charge >= 0.3 is 6.03 Å². The fraction of sp³-hybridized carbons (Fsp3) is 0.611. The largest absolute Gasteiger partial charge is 0.381 e. The van der Waals surface area contributed by atoms with E-state index in [0.29, 0.717) is 12.0 Å². The molecule has 0 radical (unpaired) electrons. The minimum Gasteiger partial charge on any atom is -0.381 e. The highest BCUT2D eigenvalue weighted by atomic mass is 16.5. The van der Waals surface area contributed by atoms with E-state index in [1.807, 2.05) is 0 Å². The maximum absolute atomic E-state index is 12.8. The second kappa shape index (κ2) is 5.92. The molecule has 2 fully saturated rings. The highest BCUT2D eigenvalue weighted by molar-refractivity contribution is 5.75. The van der Waals surface area contributed by atoms with Crippen LogP contribution in [0.1, 0.15) is 42.9 Å². The number of urea groups is 1. The van der Waals surface area contributed by atoms with Gasteiger partial charge in [-0.2, -0.15) is 0 Å². The molecule has 0 spiro atoms. The third-order valence-electron chi connectivity index (χ3n) is 5.16. The molecule has 4 nitrogen and oxygen atoms in total. The predicted octanol–water partition coefficient (Wildman–Crippen LogP) is 2.88. The number of hydrogen-bond acceptors (Lipinski definition) is 2. The van der Waals surface area contributed by atoms with Gasteiger partial charge in [0.1, 0.15) is 0 Å². The molecular weight excluding hydrogens is 276 g/mol. The quantitative estimate of drug-likeness (QED) is 0.929. The fourth-order valence-corrected chi connectivity index (χ4v) is 3.73. The molecule has 118 valence electrons. The van der Waals surface area contributed by atoms with Crippen molar-refractivity contribution < 1.29 is 9.53 Å². The van der Waals surface area contributed by atoms with Gasteiger partial charge in [0.2, 0.25) is 0 Å². The Kier molecular flexibility index (Phi) is 3.78. The summed E-state index contributed by atoms with van der Waals surface area (Å²) in [5, 5.41) is 3.28. The van der Waals surface area contributed by atoms with Crippen molar-refractivity contribution >= 4 is 6.03 Å². The van der Waals surface area contributed by atoms with E-state index in [2.05, 4.69) is 34.5 Å². The van der Waals surface area contributed by atoms with Crippen LogP contribution in [0.2, 0.25) is 0 Å². The first-order valence-corrected chi connectivity index (χ1v) is 8.54. The Morgan fingerprint density at radius 2 is 2.09 bits per heavy atom. The summed E-state index contributed by atoms with van der Waals surface area (Å²) in [4.78, 5) is 14.8. The zero-order valence-electron chi connectivity index (χ0n) is 13.0. The molecule has 2 unspecified atom stereocenters. The van der Waals surface area contributed by atoms with Gasteiger partial charge in [0.15, 0.2) is 0 Å². The maximum atomic E-state index is 12.8. The van der Waals surface area contributed by atoms with Crippen LogP contribution in [-0.4, -0.2) is 36.7 Å². The molecule has 22 heavy (non-hydrogen) atoms. The van der Waals surface area contributed by atoms with E-state index in [-0.39, 0.29) is 12.1 Å². The van der Waals surface area contributed by atoms with Crippen molar-refractivity contribution in [2.45, 2.75) is 44.2 Å². The van der Waals surface area contributed by atoms with Crippen LogP contribution in [0.5, 0.6) is 0 Å². The second-order valence-corrected chi connectivity index (χ2v) is 6.85. The van der Waals surface area contributed by atoms with Crippen LogP contribution >= 0.6 is 0 Å². The monoisotopic (exact) mass is 300 g/mol. The summed E-state index contributed by atoms with van der Waals surface area (Å²) in [6.07, 6.45) is 5.49. The number of amides is 2. The normalized spacial score (nSPS) is 26.7. The molecule has 4 rings (SSSR count). The number of aryl methyl sites for hydroxylation is 1. The highest BCUT2D eigenvalue weighted by Crippen LogP contribution is 2.33. The summed E-state index contributed by atoms with van der Waals surface area (Å²) in [5.41, 5.74) is 2.69. The molecule has 2 aliphatic carbocycles. The van der Waals surface area contributed by atoms with Gasteiger partial charge in [-0.3, -0.25) is 0 Å². The standard InChI is InChI=1S/C18H24N2O2/c21-18(19-17-8-5-14-3-1-2-4-16(14)17)20(15-6-7-15)11-13-9-10-22-12-13/h1-4,13,15,17H,5-12H2,(H,19,21). The van der Waals surface area contributed by atoms with Crippen LogP contribution in [0.15, 0.2) is 24.3 Å². The van der Waals surface area contributed by atoms with Gasteiger partial charge in [-0.25, -0.2) is 4.79 Å². The van der Waals surface area contributed by atoms with Gasteiger partial charge in [-0.1, -0.05) is 24.3 Å². The van der Waals surface area contributed by atoms with Crippen molar-refractivity contribution in [1.29, 1.82) is 0 Å². The Balaban J connectivity index is 1.41. The second-order valence-electron chi connectivity index (χ2n) is 6.85. The van der Waals surface area contributed by atoms with Gasteiger partial charge in [0.25, 0.3) is 0 Å². The molecule has 2 amide bonds. The number of benzene rings is 1. The average Bonchev–Trinajstić information content (AvgIpc) is 3.09. The van der Waals surface area contributed by atoms with Crippen molar-refractivity contribution in [3.8, 4) is 0 Å². The summed E-state index contributed by atoms with van der Waals surface area (Å²) >= 11 is 0. The summed E-state index contributed by atoms with van der Waals surface area (Å²) in [6.45, 7) is 2.51. The number of nitrogens with zero attached hydrogens (tertiary/aromatic N) is 1. The molecule has 2 atom stereocenters. The smallest absolute Gasteiger partial charge is 0.318 e. The molecule has 1 saturated carbocycles. The van der Waals surface area contributed by atoms with Gasteiger partial charge in [0.05, 0.1) is 12.6 Å². The van der Waals surface area contributed by atoms with E-state index >= 15 is 0 Å². The number of rotatable bonds is 4. The molecule has 0 aromatic heterocycles. The predicted molar refractivity (Wildman–Crippen MR) is 84.7 cm³/mol. The first-order valence-electron chi connectivity index (χ1n) is 8.54. The Morgan fingerprint density at radius 3 is 2.86 bits per heavy atom. The Bertz CT molecular complexity index is 550. The van der Waals surface area contributed by atoms with Gasteiger partial charge < -0.3 is 15.0 Å². The van der Waals surface area contributed by atoms with Crippen molar-refractivity contribution in [3.63, 3.8) is 0 Å². The molecular formula is C18H24N2O2. The van der Waals surface area contributed by atoms with Crippen molar-refractivity contribution in [3.05, 3.63) is 35.4 Å². The lowest BCUT2D eigenvalue weighted by Gasteiger charge is -2.27. The van der Waals surface area contributed by atoms with Crippen molar-refractivity contribution in [2.75, 3.05) is 19.8 Å². The first kappa shape index (κ1) is 14.1. The Morgan fingerprint density at radius 1 is 1.23 bits per heavy atom. The number of ether oxygens (including phenoxy) is 1. The van der Waals surface area contributed by atoms with Crippen LogP contribution < -0.4 is 5.32 Å². The maximum Gasteiger partial charge on any atom is 0.318 e. The molecule has 3 aliphatic rings. The minimum absolute atomic E-state index is 0.121. The van der Waals surface area contributed by atoms with E-state index < -0.39 is 0 Å². The summed E-state index contributed by atoms with van der Waals surface area (Å²) in [7, 11) is 0. The molecule has 4 heteroatoms. The van der Waals surface area contributed by atoms with Gasteiger partial charge in [-0.15, -0.1) is 0 Å². The van der Waals surface area contributed by atoms with E-state index in [4.69, 9.17) is 4.74 Å². The molecule has 0 bridgehead atoms. The lowest BCUT2D eigenvalue weighted by Crippen LogP contribution is -2.45. The Labute approximate surface area is 131 Å². The third kappa shape index (κ3) is 2.84. The fourth-order valence-electron chi connectivity index (χ4n) is 3.73. The van der Waals surface area contributed by atoms with Crippen LogP contribution in [0.4, 0.5) is 4.79 Å². The third-order valence-corrected chi connectivity index (χ3v) is 5.16. The molecule has 1 aromatic carbocycles. The van der Waals surface area contributed by atoms with E-state index in [0.717, 1.165) is 51.9 Å². The highest BCUT2D eigenvalue weighted by Gasteiger charge is 2.36.